The molecule has 0 atom stereocenters. The van der Waals surface area contributed by atoms with Crippen LogP contribution in [0.15, 0.2) is 36.4 Å². The molecule has 0 aliphatic carbocycles. The first-order valence-electron chi connectivity index (χ1n) is 6.63. The van der Waals surface area contributed by atoms with Crippen LogP contribution in [-0.2, 0) is 16.6 Å². The van der Waals surface area contributed by atoms with Gasteiger partial charge in [0.05, 0.1) is 17.3 Å². The molecule has 114 valence electrons. The fourth-order valence-corrected chi connectivity index (χ4v) is 3.02. The number of benzene rings is 2. The SMILES string of the molecule is CS(=O)(=O)NCc1ccc2c([nH]c3ccccc32)c1C(N)=O. The summed E-state index contributed by atoms with van der Waals surface area (Å²) < 4.78 is 24.9. The molecule has 3 rings (SSSR count). The number of fused-ring (bicyclic) bond motifs is 3. The lowest BCUT2D eigenvalue weighted by Gasteiger charge is -2.08. The molecule has 0 aliphatic heterocycles. The molecule has 2 aromatic carbocycles. The molecular formula is C15H15N3O3S. The molecule has 0 unspecified atom stereocenters. The summed E-state index contributed by atoms with van der Waals surface area (Å²) in [6, 6.07) is 11.3. The van der Waals surface area contributed by atoms with Crippen molar-refractivity contribution in [3.63, 3.8) is 0 Å². The number of carbonyl (C=O) groups is 1. The van der Waals surface area contributed by atoms with Gasteiger partial charge in [-0.05, 0) is 11.6 Å². The van der Waals surface area contributed by atoms with E-state index in [0.717, 1.165) is 22.5 Å². The van der Waals surface area contributed by atoms with Gasteiger partial charge in [0.25, 0.3) is 5.91 Å². The summed E-state index contributed by atoms with van der Waals surface area (Å²) in [6.07, 6.45) is 1.07. The Balaban J connectivity index is 2.24. The lowest BCUT2D eigenvalue weighted by molar-refractivity contribution is 0.100. The number of carbonyl (C=O) groups excluding carboxylic acids is 1. The highest BCUT2D eigenvalue weighted by Crippen LogP contribution is 2.29. The summed E-state index contributed by atoms with van der Waals surface area (Å²) in [4.78, 5) is 15.0. The molecule has 0 radical (unpaired) electrons. The summed E-state index contributed by atoms with van der Waals surface area (Å²) in [5, 5.41) is 1.87. The van der Waals surface area contributed by atoms with E-state index in [9.17, 15) is 13.2 Å². The summed E-state index contributed by atoms with van der Waals surface area (Å²) in [5.41, 5.74) is 7.88. The molecule has 0 aliphatic rings. The van der Waals surface area contributed by atoms with Gasteiger partial charge in [0, 0.05) is 22.8 Å². The van der Waals surface area contributed by atoms with Crippen LogP contribution in [0.2, 0.25) is 0 Å². The highest BCUT2D eigenvalue weighted by Gasteiger charge is 2.17. The standard InChI is InChI=1S/C15H15N3O3S/c1-22(20,21)17-8-9-6-7-11-10-4-2-3-5-12(10)18-14(11)13(9)15(16)19/h2-7,17-18H,8H2,1H3,(H2,16,19). The predicted octanol–water partition coefficient (Wildman–Crippen LogP) is 1.47. The topological polar surface area (TPSA) is 105 Å². The number of aromatic amines is 1. The quantitative estimate of drug-likeness (QED) is 0.678. The minimum Gasteiger partial charge on any atom is -0.366 e. The molecule has 0 fully saturated rings. The molecule has 1 aromatic heterocycles. The minimum atomic E-state index is -3.35. The van der Waals surface area contributed by atoms with Crippen molar-refractivity contribution in [2.24, 2.45) is 5.73 Å². The van der Waals surface area contributed by atoms with Crippen LogP contribution in [-0.4, -0.2) is 25.6 Å². The van der Waals surface area contributed by atoms with Crippen molar-refractivity contribution in [2.45, 2.75) is 6.54 Å². The Bertz CT molecular complexity index is 990. The van der Waals surface area contributed by atoms with E-state index < -0.39 is 15.9 Å². The molecular weight excluding hydrogens is 302 g/mol. The van der Waals surface area contributed by atoms with Crippen LogP contribution < -0.4 is 10.5 Å². The Hall–Kier alpha value is -2.38. The monoisotopic (exact) mass is 317 g/mol. The van der Waals surface area contributed by atoms with Crippen molar-refractivity contribution in [1.82, 2.24) is 9.71 Å². The highest BCUT2D eigenvalue weighted by atomic mass is 32.2. The second kappa shape index (κ2) is 5.11. The first kappa shape index (κ1) is 14.6. The van der Waals surface area contributed by atoms with E-state index in [-0.39, 0.29) is 6.54 Å². The maximum atomic E-state index is 11.9. The van der Waals surface area contributed by atoms with Gasteiger partial charge in [-0.2, -0.15) is 0 Å². The van der Waals surface area contributed by atoms with E-state index in [2.05, 4.69) is 9.71 Å². The summed E-state index contributed by atoms with van der Waals surface area (Å²) in [6.45, 7) is 0.0163. The lowest BCUT2D eigenvalue weighted by atomic mass is 10.0. The highest BCUT2D eigenvalue weighted by molar-refractivity contribution is 7.88. The molecule has 1 amide bonds. The van der Waals surface area contributed by atoms with E-state index in [1.807, 2.05) is 30.3 Å². The van der Waals surface area contributed by atoms with Crippen LogP contribution in [0.1, 0.15) is 15.9 Å². The molecule has 0 saturated carbocycles. The van der Waals surface area contributed by atoms with Crippen LogP contribution in [0.4, 0.5) is 0 Å². The van der Waals surface area contributed by atoms with E-state index in [1.54, 1.807) is 6.07 Å². The zero-order valence-electron chi connectivity index (χ0n) is 11.9. The van der Waals surface area contributed by atoms with Gasteiger partial charge in [0.2, 0.25) is 10.0 Å². The molecule has 0 saturated heterocycles. The second-order valence-corrected chi connectivity index (χ2v) is 6.98. The van der Waals surface area contributed by atoms with Gasteiger partial charge in [-0.25, -0.2) is 13.1 Å². The first-order valence-corrected chi connectivity index (χ1v) is 8.53. The van der Waals surface area contributed by atoms with Crippen molar-refractivity contribution in [2.75, 3.05) is 6.26 Å². The normalized spacial score (nSPS) is 12.0. The largest absolute Gasteiger partial charge is 0.366 e. The Morgan fingerprint density at radius 2 is 1.91 bits per heavy atom. The Kier molecular flexibility index (Phi) is 3.38. The predicted molar refractivity (Wildman–Crippen MR) is 86.0 cm³/mol. The van der Waals surface area contributed by atoms with Gasteiger partial charge in [0.1, 0.15) is 0 Å². The number of hydrogen-bond donors (Lipinski definition) is 3. The molecule has 3 aromatic rings. The maximum Gasteiger partial charge on any atom is 0.251 e. The summed E-state index contributed by atoms with van der Waals surface area (Å²) in [7, 11) is -3.35. The second-order valence-electron chi connectivity index (χ2n) is 5.15. The van der Waals surface area contributed by atoms with Crippen molar-refractivity contribution < 1.29 is 13.2 Å². The number of hydrogen-bond acceptors (Lipinski definition) is 3. The average molecular weight is 317 g/mol. The van der Waals surface area contributed by atoms with Gasteiger partial charge >= 0.3 is 0 Å². The maximum absolute atomic E-state index is 11.9. The van der Waals surface area contributed by atoms with Gasteiger partial charge in [-0.1, -0.05) is 30.3 Å². The number of aromatic nitrogens is 1. The molecule has 7 heteroatoms. The van der Waals surface area contributed by atoms with Crippen LogP contribution in [0.25, 0.3) is 21.8 Å². The first-order chi connectivity index (χ1) is 10.4. The van der Waals surface area contributed by atoms with Crippen molar-refractivity contribution in [1.29, 1.82) is 0 Å². The van der Waals surface area contributed by atoms with Crippen molar-refractivity contribution in [3.8, 4) is 0 Å². The zero-order chi connectivity index (χ0) is 15.9. The van der Waals surface area contributed by atoms with Gasteiger partial charge in [-0.15, -0.1) is 0 Å². The van der Waals surface area contributed by atoms with Crippen LogP contribution >= 0.6 is 0 Å². The number of rotatable bonds is 4. The molecule has 6 nitrogen and oxygen atoms in total. The zero-order valence-corrected chi connectivity index (χ0v) is 12.7. The third kappa shape index (κ3) is 2.56. The number of amides is 1. The van der Waals surface area contributed by atoms with Crippen LogP contribution in [0.3, 0.4) is 0 Å². The molecule has 22 heavy (non-hydrogen) atoms. The molecule has 0 spiro atoms. The summed E-state index contributed by atoms with van der Waals surface area (Å²) in [5.74, 6) is -0.595. The summed E-state index contributed by atoms with van der Waals surface area (Å²) >= 11 is 0. The molecule has 0 bridgehead atoms. The third-order valence-electron chi connectivity index (χ3n) is 3.54. The van der Waals surface area contributed by atoms with Gasteiger partial charge in [-0.3, -0.25) is 4.79 Å². The Morgan fingerprint density at radius 3 is 2.59 bits per heavy atom. The van der Waals surface area contributed by atoms with E-state index in [4.69, 9.17) is 5.73 Å². The Morgan fingerprint density at radius 1 is 1.18 bits per heavy atom. The lowest BCUT2D eigenvalue weighted by Crippen LogP contribution is -2.24. The van der Waals surface area contributed by atoms with Crippen molar-refractivity contribution >= 4 is 37.7 Å². The molecule has 4 N–H and O–H groups in total. The smallest absolute Gasteiger partial charge is 0.251 e. The van der Waals surface area contributed by atoms with Gasteiger partial charge in [0.15, 0.2) is 0 Å². The molecule has 1 heterocycles. The number of nitrogens with one attached hydrogen (secondary N) is 2. The minimum absolute atomic E-state index is 0.0163. The third-order valence-corrected chi connectivity index (χ3v) is 4.21. The fourth-order valence-electron chi connectivity index (χ4n) is 2.60. The van der Waals surface area contributed by atoms with E-state index in [1.165, 1.54) is 0 Å². The van der Waals surface area contributed by atoms with E-state index >= 15 is 0 Å². The Labute approximate surface area is 127 Å². The van der Waals surface area contributed by atoms with Crippen LogP contribution in [0.5, 0.6) is 0 Å². The number of nitrogens with two attached hydrogens (primary N) is 1. The average Bonchev–Trinajstić information content (AvgIpc) is 2.81. The number of sulfonamides is 1. The van der Waals surface area contributed by atoms with Gasteiger partial charge < -0.3 is 10.7 Å². The number of para-hydroxylation sites is 1. The fraction of sp³-hybridized carbons (Fsp3) is 0.133. The van der Waals surface area contributed by atoms with E-state index in [0.29, 0.717) is 16.6 Å². The number of H-pyrrole nitrogens is 1. The van der Waals surface area contributed by atoms with Crippen molar-refractivity contribution in [3.05, 3.63) is 47.5 Å². The van der Waals surface area contributed by atoms with Crippen LogP contribution in [0, 0.1) is 0 Å². The number of primary amides is 1.